The molecule has 0 saturated heterocycles. The number of fused-ring (bicyclic) bond motifs is 1. The molecule has 2 rings (SSSR count). The fourth-order valence-corrected chi connectivity index (χ4v) is 2.24. The van der Waals surface area contributed by atoms with Crippen LogP contribution in [0.25, 0.3) is 0 Å². The molecule has 20 heavy (non-hydrogen) atoms. The molecule has 1 aromatic rings. The molecule has 3 N–H and O–H groups in total. The molecule has 0 unspecified atom stereocenters. The summed E-state index contributed by atoms with van der Waals surface area (Å²) < 4.78 is 0. The SMILES string of the molecule is CN(C)CCCCNC(=O)c1ccc2c(c1)NCCN2. The van der Waals surface area contributed by atoms with Crippen LogP contribution in [0.3, 0.4) is 0 Å². The molecule has 1 aromatic carbocycles. The van der Waals surface area contributed by atoms with Gasteiger partial charge >= 0.3 is 0 Å². The number of hydrogen-bond acceptors (Lipinski definition) is 4. The average Bonchev–Trinajstić information content (AvgIpc) is 2.46. The largest absolute Gasteiger partial charge is 0.382 e. The summed E-state index contributed by atoms with van der Waals surface area (Å²) in [6.07, 6.45) is 2.11. The van der Waals surface area contributed by atoms with E-state index in [0.717, 1.165) is 50.4 Å². The molecule has 0 radical (unpaired) electrons. The normalized spacial score (nSPS) is 13.3. The molecule has 1 aliphatic rings. The van der Waals surface area contributed by atoms with Gasteiger partial charge in [-0.15, -0.1) is 0 Å². The van der Waals surface area contributed by atoms with E-state index in [0.29, 0.717) is 5.56 Å². The molecule has 0 saturated carbocycles. The standard InChI is InChI=1S/C15H24N4O/c1-19(2)10-4-3-7-18-15(20)12-5-6-13-14(11-12)17-9-8-16-13/h5-6,11,16-17H,3-4,7-10H2,1-2H3,(H,18,20). The first-order valence-electron chi connectivity index (χ1n) is 7.21. The molecule has 5 heteroatoms. The maximum atomic E-state index is 12.1. The molecule has 110 valence electrons. The summed E-state index contributed by atoms with van der Waals surface area (Å²) >= 11 is 0. The van der Waals surface area contributed by atoms with Gasteiger partial charge in [0.05, 0.1) is 11.4 Å². The molecular weight excluding hydrogens is 252 g/mol. The predicted molar refractivity (Wildman–Crippen MR) is 83.5 cm³/mol. The first kappa shape index (κ1) is 14.7. The van der Waals surface area contributed by atoms with Crippen molar-refractivity contribution in [2.75, 3.05) is 50.9 Å². The summed E-state index contributed by atoms with van der Waals surface area (Å²) in [4.78, 5) is 14.2. The maximum Gasteiger partial charge on any atom is 0.251 e. The monoisotopic (exact) mass is 276 g/mol. The summed E-state index contributed by atoms with van der Waals surface area (Å²) in [7, 11) is 4.12. The van der Waals surface area contributed by atoms with Crippen molar-refractivity contribution in [2.24, 2.45) is 0 Å². The Morgan fingerprint density at radius 1 is 1.20 bits per heavy atom. The van der Waals surface area contributed by atoms with Gasteiger partial charge in [0.15, 0.2) is 0 Å². The van der Waals surface area contributed by atoms with E-state index in [9.17, 15) is 4.79 Å². The third-order valence-electron chi connectivity index (χ3n) is 3.36. The number of hydrogen-bond donors (Lipinski definition) is 3. The zero-order valence-corrected chi connectivity index (χ0v) is 12.3. The lowest BCUT2D eigenvalue weighted by atomic mass is 10.1. The summed E-state index contributed by atoms with van der Waals surface area (Å²) in [6, 6.07) is 5.74. The Morgan fingerprint density at radius 2 is 1.95 bits per heavy atom. The van der Waals surface area contributed by atoms with Crippen LogP contribution in [0.2, 0.25) is 0 Å². The Balaban J connectivity index is 1.80. The number of unbranched alkanes of at least 4 members (excludes halogenated alkanes) is 1. The minimum atomic E-state index is 0.00465. The molecule has 0 bridgehead atoms. The van der Waals surface area contributed by atoms with Gasteiger partial charge in [-0.3, -0.25) is 4.79 Å². The van der Waals surface area contributed by atoms with E-state index in [2.05, 4.69) is 34.9 Å². The van der Waals surface area contributed by atoms with Gasteiger partial charge in [-0.1, -0.05) is 0 Å². The van der Waals surface area contributed by atoms with Crippen LogP contribution in [0.4, 0.5) is 11.4 Å². The number of carbonyl (C=O) groups is 1. The third-order valence-corrected chi connectivity index (χ3v) is 3.36. The van der Waals surface area contributed by atoms with E-state index in [1.54, 1.807) is 0 Å². The van der Waals surface area contributed by atoms with Gasteiger partial charge in [0.25, 0.3) is 5.91 Å². The van der Waals surface area contributed by atoms with Gasteiger partial charge in [-0.25, -0.2) is 0 Å². The Hall–Kier alpha value is -1.75. The van der Waals surface area contributed by atoms with Crippen molar-refractivity contribution in [3.8, 4) is 0 Å². The summed E-state index contributed by atoms with van der Waals surface area (Å²) in [5, 5.41) is 9.57. The summed E-state index contributed by atoms with van der Waals surface area (Å²) in [5.74, 6) is 0.00465. The second-order valence-corrected chi connectivity index (χ2v) is 5.38. The van der Waals surface area contributed by atoms with Crippen LogP contribution in [-0.2, 0) is 0 Å². The van der Waals surface area contributed by atoms with Gasteiger partial charge in [-0.2, -0.15) is 0 Å². The molecule has 0 spiro atoms. The molecule has 1 amide bonds. The first-order valence-corrected chi connectivity index (χ1v) is 7.21. The van der Waals surface area contributed by atoms with Gasteiger partial charge in [0.1, 0.15) is 0 Å². The average molecular weight is 276 g/mol. The van der Waals surface area contributed by atoms with Crippen LogP contribution in [0.5, 0.6) is 0 Å². The van der Waals surface area contributed by atoms with Crippen LogP contribution in [0.15, 0.2) is 18.2 Å². The maximum absolute atomic E-state index is 12.1. The smallest absolute Gasteiger partial charge is 0.251 e. The molecule has 1 aliphatic heterocycles. The fourth-order valence-electron chi connectivity index (χ4n) is 2.24. The lowest BCUT2D eigenvalue weighted by Crippen LogP contribution is -2.26. The minimum absolute atomic E-state index is 0.00465. The number of amides is 1. The topological polar surface area (TPSA) is 56.4 Å². The number of rotatable bonds is 6. The molecule has 0 aliphatic carbocycles. The molecule has 1 heterocycles. The quantitative estimate of drug-likeness (QED) is 0.691. The number of nitrogens with zero attached hydrogens (tertiary/aromatic N) is 1. The van der Waals surface area contributed by atoms with Crippen LogP contribution in [0.1, 0.15) is 23.2 Å². The van der Waals surface area contributed by atoms with E-state index in [1.165, 1.54) is 0 Å². The Morgan fingerprint density at radius 3 is 2.70 bits per heavy atom. The van der Waals surface area contributed by atoms with E-state index >= 15 is 0 Å². The number of carbonyl (C=O) groups excluding carboxylic acids is 1. The minimum Gasteiger partial charge on any atom is -0.382 e. The van der Waals surface area contributed by atoms with Crippen molar-refractivity contribution in [2.45, 2.75) is 12.8 Å². The molecule has 5 nitrogen and oxygen atoms in total. The highest BCUT2D eigenvalue weighted by Gasteiger charge is 2.11. The highest BCUT2D eigenvalue weighted by molar-refractivity contribution is 5.96. The Labute approximate surface area is 120 Å². The van der Waals surface area contributed by atoms with Crippen LogP contribution in [-0.4, -0.2) is 51.1 Å². The van der Waals surface area contributed by atoms with E-state index < -0.39 is 0 Å². The van der Waals surface area contributed by atoms with Crippen molar-refractivity contribution in [1.29, 1.82) is 0 Å². The Kier molecular flexibility index (Phi) is 5.24. The highest BCUT2D eigenvalue weighted by atomic mass is 16.1. The fraction of sp³-hybridized carbons (Fsp3) is 0.533. The Bertz CT molecular complexity index is 459. The molecule has 0 atom stereocenters. The number of nitrogens with one attached hydrogen (secondary N) is 3. The van der Waals surface area contributed by atoms with Gasteiger partial charge in [0.2, 0.25) is 0 Å². The van der Waals surface area contributed by atoms with Crippen molar-refractivity contribution < 1.29 is 4.79 Å². The van der Waals surface area contributed by atoms with Crippen LogP contribution < -0.4 is 16.0 Å². The zero-order valence-electron chi connectivity index (χ0n) is 12.3. The lowest BCUT2D eigenvalue weighted by molar-refractivity contribution is 0.0953. The lowest BCUT2D eigenvalue weighted by Gasteiger charge is -2.20. The summed E-state index contributed by atoms with van der Waals surface area (Å²) in [5.41, 5.74) is 2.79. The van der Waals surface area contributed by atoms with Crippen molar-refractivity contribution in [3.63, 3.8) is 0 Å². The van der Waals surface area contributed by atoms with E-state index in [1.807, 2.05) is 18.2 Å². The van der Waals surface area contributed by atoms with E-state index in [4.69, 9.17) is 0 Å². The van der Waals surface area contributed by atoms with Crippen molar-refractivity contribution in [1.82, 2.24) is 10.2 Å². The first-order chi connectivity index (χ1) is 9.66. The van der Waals surface area contributed by atoms with Gasteiger partial charge < -0.3 is 20.9 Å². The molecule has 0 aromatic heterocycles. The third kappa shape index (κ3) is 4.13. The highest BCUT2D eigenvalue weighted by Crippen LogP contribution is 2.25. The predicted octanol–water partition coefficient (Wildman–Crippen LogP) is 1.60. The van der Waals surface area contributed by atoms with E-state index in [-0.39, 0.29) is 5.91 Å². The number of anilines is 2. The number of benzene rings is 1. The summed E-state index contributed by atoms with van der Waals surface area (Å²) in [6.45, 7) is 3.60. The molecular formula is C15H24N4O. The van der Waals surface area contributed by atoms with Gasteiger partial charge in [0, 0.05) is 25.2 Å². The molecule has 0 fully saturated rings. The van der Waals surface area contributed by atoms with Crippen molar-refractivity contribution >= 4 is 17.3 Å². The van der Waals surface area contributed by atoms with Gasteiger partial charge in [-0.05, 0) is 51.7 Å². The van der Waals surface area contributed by atoms with Crippen molar-refractivity contribution in [3.05, 3.63) is 23.8 Å². The second-order valence-electron chi connectivity index (χ2n) is 5.38. The van der Waals surface area contributed by atoms with Crippen LogP contribution in [0, 0.1) is 0 Å². The second kappa shape index (κ2) is 7.14. The zero-order chi connectivity index (χ0) is 14.4. The van der Waals surface area contributed by atoms with Crippen LogP contribution >= 0.6 is 0 Å².